The number of nitrogens with zero attached hydrogens (tertiary/aromatic N) is 5. The highest BCUT2D eigenvalue weighted by molar-refractivity contribution is 5.89. The Balaban J connectivity index is 1.62. The highest BCUT2D eigenvalue weighted by Gasteiger charge is 2.29. The summed E-state index contributed by atoms with van der Waals surface area (Å²) in [6.07, 6.45) is 3.55. The number of carbonyl (C=O) groups excluding carboxylic acids is 1. The molecule has 9 nitrogen and oxygen atoms in total. The van der Waals surface area contributed by atoms with Gasteiger partial charge in [0.2, 0.25) is 11.8 Å². The Kier molecular flexibility index (Phi) is 5.22. The van der Waals surface area contributed by atoms with E-state index in [0.717, 1.165) is 12.2 Å². The van der Waals surface area contributed by atoms with E-state index >= 15 is 0 Å². The lowest BCUT2D eigenvalue weighted by Gasteiger charge is -2.31. The molecule has 1 N–H and O–H groups in total. The summed E-state index contributed by atoms with van der Waals surface area (Å²) < 4.78 is 11.3. The predicted octanol–water partition coefficient (Wildman–Crippen LogP) is 2.15. The van der Waals surface area contributed by atoms with Crippen LogP contribution < -0.4 is 5.32 Å². The quantitative estimate of drug-likeness (QED) is 0.904. The van der Waals surface area contributed by atoms with Crippen LogP contribution in [0, 0.1) is 0 Å². The Labute approximate surface area is 145 Å². The normalized spacial score (nSPS) is 17.8. The molecule has 9 heteroatoms. The number of aromatic nitrogens is 4. The van der Waals surface area contributed by atoms with Crippen molar-refractivity contribution >= 4 is 11.7 Å². The molecule has 1 aliphatic rings. The Morgan fingerprint density at radius 1 is 1.36 bits per heavy atom. The first-order valence-electron chi connectivity index (χ1n) is 8.38. The van der Waals surface area contributed by atoms with Crippen molar-refractivity contribution in [3.05, 3.63) is 30.0 Å². The van der Waals surface area contributed by atoms with Gasteiger partial charge in [0, 0.05) is 18.9 Å². The van der Waals surface area contributed by atoms with Crippen molar-refractivity contribution in [3.63, 3.8) is 0 Å². The van der Waals surface area contributed by atoms with Crippen molar-refractivity contribution in [1.29, 1.82) is 0 Å². The van der Waals surface area contributed by atoms with E-state index in [2.05, 4.69) is 25.5 Å². The molecule has 0 radical (unpaired) electrons. The van der Waals surface area contributed by atoms with Gasteiger partial charge < -0.3 is 19.4 Å². The van der Waals surface area contributed by atoms with E-state index in [0.29, 0.717) is 37.2 Å². The van der Waals surface area contributed by atoms with Crippen molar-refractivity contribution in [2.45, 2.75) is 39.2 Å². The molecule has 2 amide bonds. The fraction of sp³-hybridized carbons (Fsp3) is 0.562. The van der Waals surface area contributed by atoms with Crippen molar-refractivity contribution < 1.29 is 13.9 Å². The van der Waals surface area contributed by atoms with Gasteiger partial charge in [0.15, 0.2) is 6.10 Å². The van der Waals surface area contributed by atoms with Gasteiger partial charge in [0.1, 0.15) is 5.82 Å². The maximum Gasteiger partial charge on any atom is 0.322 e. The minimum absolute atomic E-state index is 0.148. The summed E-state index contributed by atoms with van der Waals surface area (Å²) in [4.78, 5) is 22.5. The smallest absolute Gasteiger partial charge is 0.322 e. The summed E-state index contributed by atoms with van der Waals surface area (Å²) in [6, 6.07) is -0.232. The van der Waals surface area contributed by atoms with Gasteiger partial charge in [-0.3, -0.25) is 0 Å². The third-order valence-corrected chi connectivity index (χ3v) is 3.85. The second-order valence-corrected chi connectivity index (χ2v) is 6.11. The highest BCUT2D eigenvalue weighted by atomic mass is 16.5. The SMILES string of the molecule is CCc1ncc(NC(=O)N2CCO[C@@H](c3nnc(C(C)C)o3)C2)cn1. The van der Waals surface area contributed by atoms with Crippen molar-refractivity contribution in [1.82, 2.24) is 25.1 Å². The third kappa shape index (κ3) is 4.11. The van der Waals surface area contributed by atoms with Gasteiger partial charge in [-0.25, -0.2) is 14.8 Å². The standard InChI is InChI=1S/C16H22N6O3/c1-4-13-17-7-11(8-18-13)19-16(23)22-5-6-24-12(9-22)15-21-20-14(25-15)10(2)3/h7-8,10,12H,4-6,9H2,1-3H3,(H,19,23)/t12-/m1/s1. The Morgan fingerprint density at radius 2 is 2.12 bits per heavy atom. The van der Waals surface area contributed by atoms with E-state index < -0.39 is 6.10 Å². The highest BCUT2D eigenvalue weighted by Crippen LogP contribution is 2.23. The number of morpholine rings is 1. The van der Waals surface area contributed by atoms with Crippen molar-refractivity contribution in [3.8, 4) is 0 Å². The summed E-state index contributed by atoms with van der Waals surface area (Å²) in [5, 5.41) is 10.8. The van der Waals surface area contributed by atoms with E-state index in [4.69, 9.17) is 9.15 Å². The van der Waals surface area contributed by atoms with Gasteiger partial charge in [-0.15, -0.1) is 10.2 Å². The van der Waals surface area contributed by atoms with Crippen LogP contribution in [0.2, 0.25) is 0 Å². The average molecular weight is 346 g/mol. The molecule has 0 spiro atoms. The minimum Gasteiger partial charge on any atom is -0.422 e. The molecule has 1 aliphatic heterocycles. The summed E-state index contributed by atoms with van der Waals surface area (Å²) in [6.45, 7) is 7.17. The molecular formula is C16H22N6O3. The van der Waals surface area contributed by atoms with Crippen LogP contribution in [0.1, 0.15) is 50.4 Å². The first-order chi connectivity index (χ1) is 12.1. The Hall–Kier alpha value is -2.55. The molecule has 0 unspecified atom stereocenters. The number of anilines is 1. The molecule has 0 bridgehead atoms. The number of carbonyl (C=O) groups is 1. The zero-order valence-corrected chi connectivity index (χ0v) is 14.6. The lowest BCUT2D eigenvalue weighted by Crippen LogP contribution is -2.44. The van der Waals surface area contributed by atoms with E-state index in [9.17, 15) is 4.79 Å². The summed E-state index contributed by atoms with van der Waals surface area (Å²) in [7, 11) is 0. The molecule has 25 heavy (non-hydrogen) atoms. The molecule has 2 aromatic rings. The van der Waals surface area contributed by atoms with E-state index in [-0.39, 0.29) is 11.9 Å². The summed E-state index contributed by atoms with van der Waals surface area (Å²) in [5.74, 6) is 1.85. The number of rotatable bonds is 4. The van der Waals surface area contributed by atoms with Gasteiger partial charge in [-0.05, 0) is 0 Å². The molecule has 134 valence electrons. The first kappa shape index (κ1) is 17.3. The first-order valence-corrected chi connectivity index (χ1v) is 8.38. The second kappa shape index (κ2) is 7.56. The van der Waals surface area contributed by atoms with E-state index in [1.807, 2.05) is 20.8 Å². The Bertz CT molecular complexity index is 715. The van der Waals surface area contributed by atoms with Crippen molar-refractivity contribution in [2.75, 3.05) is 25.0 Å². The molecule has 1 fully saturated rings. The van der Waals surface area contributed by atoms with E-state index in [1.54, 1.807) is 17.3 Å². The second-order valence-electron chi connectivity index (χ2n) is 6.11. The van der Waals surface area contributed by atoms with Gasteiger partial charge in [-0.1, -0.05) is 20.8 Å². The maximum absolute atomic E-state index is 12.4. The van der Waals surface area contributed by atoms with E-state index in [1.165, 1.54) is 0 Å². The molecule has 0 aliphatic carbocycles. The van der Waals surface area contributed by atoms with Crippen molar-refractivity contribution in [2.24, 2.45) is 0 Å². The largest absolute Gasteiger partial charge is 0.422 e. The molecule has 2 aromatic heterocycles. The summed E-state index contributed by atoms with van der Waals surface area (Å²) >= 11 is 0. The van der Waals surface area contributed by atoms with Crippen LogP contribution in [0.4, 0.5) is 10.5 Å². The lowest BCUT2D eigenvalue weighted by atomic mass is 10.2. The van der Waals surface area contributed by atoms with Crippen LogP contribution in [-0.2, 0) is 11.2 Å². The number of nitrogens with one attached hydrogen (secondary N) is 1. The number of ether oxygens (including phenoxy) is 1. The Morgan fingerprint density at radius 3 is 2.76 bits per heavy atom. The molecule has 1 saturated heterocycles. The van der Waals surface area contributed by atoms with Gasteiger partial charge in [0.25, 0.3) is 0 Å². The van der Waals surface area contributed by atoms with Gasteiger partial charge >= 0.3 is 6.03 Å². The maximum atomic E-state index is 12.4. The summed E-state index contributed by atoms with van der Waals surface area (Å²) in [5.41, 5.74) is 0.560. The van der Waals surface area contributed by atoms with Crippen LogP contribution in [0.3, 0.4) is 0 Å². The topological polar surface area (TPSA) is 106 Å². The van der Waals surface area contributed by atoms with Crippen LogP contribution in [-0.4, -0.2) is 50.8 Å². The monoisotopic (exact) mass is 346 g/mol. The van der Waals surface area contributed by atoms with Crippen LogP contribution in [0.5, 0.6) is 0 Å². The number of aryl methyl sites for hydroxylation is 1. The molecule has 0 saturated carbocycles. The number of amides is 2. The number of hydrogen-bond donors (Lipinski definition) is 1. The van der Waals surface area contributed by atoms with Gasteiger partial charge in [0.05, 0.1) is 31.2 Å². The number of hydrogen-bond acceptors (Lipinski definition) is 7. The fourth-order valence-electron chi connectivity index (χ4n) is 2.40. The zero-order valence-electron chi connectivity index (χ0n) is 14.6. The molecular weight excluding hydrogens is 324 g/mol. The zero-order chi connectivity index (χ0) is 17.8. The third-order valence-electron chi connectivity index (χ3n) is 3.85. The minimum atomic E-state index is -0.418. The number of urea groups is 1. The fourth-order valence-corrected chi connectivity index (χ4v) is 2.40. The molecule has 1 atom stereocenters. The van der Waals surface area contributed by atoms with Crippen LogP contribution >= 0.6 is 0 Å². The predicted molar refractivity (Wildman–Crippen MR) is 89.1 cm³/mol. The lowest BCUT2D eigenvalue weighted by molar-refractivity contribution is -0.0276. The van der Waals surface area contributed by atoms with Crippen LogP contribution in [0.25, 0.3) is 0 Å². The molecule has 0 aromatic carbocycles. The molecule has 3 rings (SSSR count). The average Bonchev–Trinajstić information content (AvgIpc) is 3.13. The van der Waals surface area contributed by atoms with Gasteiger partial charge in [-0.2, -0.15) is 0 Å². The molecule has 3 heterocycles. The van der Waals surface area contributed by atoms with Crippen LogP contribution in [0.15, 0.2) is 16.8 Å².